The number of rotatable bonds is 13. The fourth-order valence-electron chi connectivity index (χ4n) is 2.61. The standard InChI is InChI=1S/C18H28N6O8/c1-8(2)14(18(31)32)24-17(30)12(4-13(26)27)23-16(29)11(3-9-5-20-7-21-9)22-15(28)10(19)6-25/h5,7-8,10-12,14,25H,3-4,6,19H2,1-2H3,(H,20,21)(H,22,28)(H,23,29)(H,24,30)(H,26,27)(H,31,32). The van der Waals surface area contributed by atoms with Crippen molar-refractivity contribution in [2.24, 2.45) is 11.7 Å². The molecular formula is C18H28N6O8. The van der Waals surface area contributed by atoms with E-state index in [2.05, 4.69) is 25.9 Å². The maximum absolute atomic E-state index is 12.8. The van der Waals surface area contributed by atoms with E-state index in [0.717, 1.165) is 0 Å². The first-order valence-corrected chi connectivity index (χ1v) is 9.65. The molecule has 0 aromatic carbocycles. The van der Waals surface area contributed by atoms with E-state index in [-0.39, 0.29) is 6.42 Å². The molecule has 0 bridgehead atoms. The molecule has 32 heavy (non-hydrogen) atoms. The SMILES string of the molecule is CC(C)C(NC(=O)C(CC(=O)O)NC(=O)C(Cc1cnc[nH]1)NC(=O)C(N)CO)C(=O)O. The summed E-state index contributed by atoms with van der Waals surface area (Å²) in [6.07, 6.45) is 1.79. The lowest BCUT2D eigenvalue weighted by Gasteiger charge is -2.25. The molecular weight excluding hydrogens is 428 g/mol. The first-order valence-electron chi connectivity index (χ1n) is 9.65. The summed E-state index contributed by atoms with van der Waals surface area (Å²) in [5.74, 6) is -6.03. The Bertz CT molecular complexity index is 812. The summed E-state index contributed by atoms with van der Waals surface area (Å²) < 4.78 is 0. The highest BCUT2D eigenvalue weighted by molar-refractivity contribution is 5.95. The molecule has 1 aromatic rings. The number of amides is 3. The number of carboxylic acid groups (broad SMARTS) is 2. The molecule has 1 rings (SSSR count). The Morgan fingerprint density at radius 2 is 1.62 bits per heavy atom. The molecule has 1 heterocycles. The van der Waals surface area contributed by atoms with Gasteiger partial charge in [0.25, 0.3) is 0 Å². The monoisotopic (exact) mass is 456 g/mol. The lowest BCUT2D eigenvalue weighted by Crippen LogP contribution is -2.58. The Balaban J connectivity index is 3.04. The number of carbonyl (C=O) groups is 5. The van der Waals surface area contributed by atoms with Crippen LogP contribution in [0.15, 0.2) is 12.5 Å². The Morgan fingerprint density at radius 1 is 1.03 bits per heavy atom. The number of hydrogen-bond acceptors (Lipinski definition) is 8. The van der Waals surface area contributed by atoms with E-state index >= 15 is 0 Å². The third-order valence-electron chi connectivity index (χ3n) is 4.39. The summed E-state index contributed by atoms with van der Waals surface area (Å²) in [4.78, 5) is 66.5. The van der Waals surface area contributed by atoms with E-state index in [1.807, 2.05) is 0 Å². The number of nitrogens with two attached hydrogens (primary N) is 1. The number of hydrogen-bond donors (Lipinski definition) is 8. The van der Waals surface area contributed by atoms with Crippen LogP contribution in [-0.2, 0) is 30.4 Å². The number of aromatic amines is 1. The minimum atomic E-state index is -1.62. The average molecular weight is 456 g/mol. The molecule has 14 heteroatoms. The number of aliphatic carboxylic acids is 2. The number of H-pyrrole nitrogens is 1. The highest BCUT2D eigenvalue weighted by Crippen LogP contribution is 2.05. The Hall–Kier alpha value is -3.52. The van der Waals surface area contributed by atoms with E-state index in [9.17, 15) is 29.1 Å². The first-order chi connectivity index (χ1) is 15.0. The average Bonchev–Trinajstić information content (AvgIpc) is 3.22. The van der Waals surface area contributed by atoms with E-state index in [4.69, 9.17) is 15.9 Å². The van der Waals surface area contributed by atoms with Gasteiger partial charge in [0, 0.05) is 18.3 Å². The molecule has 0 aliphatic heterocycles. The zero-order valence-corrected chi connectivity index (χ0v) is 17.6. The Morgan fingerprint density at radius 3 is 2.09 bits per heavy atom. The van der Waals surface area contributed by atoms with Gasteiger partial charge in [0.1, 0.15) is 24.2 Å². The number of aromatic nitrogens is 2. The fraction of sp³-hybridized carbons (Fsp3) is 0.556. The van der Waals surface area contributed by atoms with Gasteiger partial charge in [-0.15, -0.1) is 0 Å². The van der Waals surface area contributed by atoms with E-state index in [1.165, 1.54) is 12.5 Å². The summed E-state index contributed by atoms with van der Waals surface area (Å²) >= 11 is 0. The molecule has 0 fully saturated rings. The first kappa shape index (κ1) is 26.5. The normalized spacial score (nSPS) is 14.7. The summed E-state index contributed by atoms with van der Waals surface area (Å²) in [5, 5.41) is 34.2. The maximum Gasteiger partial charge on any atom is 0.326 e. The van der Waals surface area contributed by atoms with Crippen LogP contribution in [0.4, 0.5) is 0 Å². The molecule has 0 spiro atoms. The highest BCUT2D eigenvalue weighted by Gasteiger charge is 2.32. The quantitative estimate of drug-likeness (QED) is 0.149. The molecule has 0 saturated heterocycles. The number of aliphatic hydroxyl groups is 1. The number of imidazole rings is 1. The van der Waals surface area contributed by atoms with Crippen LogP contribution in [0.1, 0.15) is 26.0 Å². The number of nitrogens with one attached hydrogen (secondary N) is 4. The molecule has 0 aliphatic rings. The molecule has 1 aromatic heterocycles. The van der Waals surface area contributed by atoms with E-state index < -0.39 is 72.8 Å². The van der Waals surface area contributed by atoms with Gasteiger partial charge in [-0.25, -0.2) is 9.78 Å². The maximum atomic E-state index is 12.8. The second kappa shape index (κ2) is 12.4. The van der Waals surface area contributed by atoms with Gasteiger partial charge in [-0.2, -0.15) is 0 Å². The number of aliphatic hydroxyl groups excluding tert-OH is 1. The van der Waals surface area contributed by atoms with Gasteiger partial charge < -0.3 is 42.0 Å². The van der Waals surface area contributed by atoms with Gasteiger partial charge in [-0.05, 0) is 5.92 Å². The van der Waals surface area contributed by atoms with Gasteiger partial charge in [-0.3, -0.25) is 19.2 Å². The molecule has 0 radical (unpaired) electrons. The van der Waals surface area contributed by atoms with Crippen molar-refractivity contribution >= 4 is 29.7 Å². The summed E-state index contributed by atoms with van der Waals surface area (Å²) in [5.41, 5.74) is 5.89. The van der Waals surface area contributed by atoms with Crippen LogP contribution < -0.4 is 21.7 Å². The highest BCUT2D eigenvalue weighted by atomic mass is 16.4. The van der Waals surface area contributed by atoms with Crippen molar-refractivity contribution in [3.8, 4) is 0 Å². The minimum absolute atomic E-state index is 0.110. The summed E-state index contributed by atoms with van der Waals surface area (Å²) in [6.45, 7) is 2.41. The van der Waals surface area contributed by atoms with Crippen molar-refractivity contribution in [3.05, 3.63) is 18.2 Å². The van der Waals surface area contributed by atoms with Gasteiger partial charge >= 0.3 is 11.9 Å². The zero-order valence-electron chi connectivity index (χ0n) is 17.6. The molecule has 0 aliphatic carbocycles. The van der Waals surface area contributed by atoms with Gasteiger partial charge in [0.15, 0.2) is 0 Å². The third-order valence-corrected chi connectivity index (χ3v) is 4.39. The molecule has 9 N–H and O–H groups in total. The van der Waals surface area contributed by atoms with Crippen LogP contribution in [0.2, 0.25) is 0 Å². The van der Waals surface area contributed by atoms with Crippen LogP contribution >= 0.6 is 0 Å². The Kier molecular flexibility index (Phi) is 10.2. The molecule has 3 amide bonds. The Labute approximate surface area is 183 Å². The number of nitrogens with zero attached hydrogens (tertiary/aromatic N) is 1. The molecule has 0 saturated carbocycles. The van der Waals surface area contributed by atoms with Gasteiger partial charge in [-0.1, -0.05) is 13.8 Å². The molecule has 4 unspecified atom stereocenters. The minimum Gasteiger partial charge on any atom is -0.481 e. The van der Waals surface area contributed by atoms with Crippen molar-refractivity contribution in [2.45, 2.75) is 50.9 Å². The summed E-state index contributed by atoms with van der Waals surface area (Å²) in [6, 6.07) is -5.54. The number of carboxylic acids is 2. The predicted molar refractivity (Wildman–Crippen MR) is 108 cm³/mol. The molecule has 4 atom stereocenters. The van der Waals surface area contributed by atoms with Gasteiger partial charge in [0.05, 0.1) is 19.4 Å². The van der Waals surface area contributed by atoms with Crippen molar-refractivity contribution in [1.29, 1.82) is 0 Å². The van der Waals surface area contributed by atoms with E-state index in [1.54, 1.807) is 13.8 Å². The zero-order chi connectivity index (χ0) is 24.4. The summed E-state index contributed by atoms with van der Waals surface area (Å²) in [7, 11) is 0. The fourth-order valence-corrected chi connectivity index (χ4v) is 2.61. The van der Waals surface area contributed by atoms with Crippen molar-refractivity contribution < 1.29 is 39.3 Å². The predicted octanol–water partition coefficient (Wildman–Crippen LogP) is -3.06. The topological polar surface area (TPSA) is 237 Å². The van der Waals surface area contributed by atoms with Crippen molar-refractivity contribution in [2.75, 3.05) is 6.61 Å². The van der Waals surface area contributed by atoms with Crippen LogP contribution in [0.3, 0.4) is 0 Å². The second-order valence-corrected chi connectivity index (χ2v) is 7.36. The van der Waals surface area contributed by atoms with E-state index in [0.29, 0.717) is 5.69 Å². The smallest absolute Gasteiger partial charge is 0.326 e. The van der Waals surface area contributed by atoms with Crippen LogP contribution in [-0.4, -0.2) is 85.7 Å². The van der Waals surface area contributed by atoms with Gasteiger partial charge in [0.2, 0.25) is 17.7 Å². The lowest BCUT2D eigenvalue weighted by atomic mass is 10.0. The second-order valence-electron chi connectivity index (χ2n) is 7.36. The third kappa shape index (κ3) is 8.31. The van der Waals surface area contributed by atoms with Crippen molar-refractivity contribution in [3.63, 3.8) is 0 Å². The molecule has 14 nitrogen and oxygen atoms in total. The number of carbonyl (C=O) groups excluding carboxylic acids is 3. The van der Waals surface area contributed by atoms with Crippen molar-refractivity contribution in [1.82, 2.24) is 25.9 Å². The lowest BCUT2D eigenvalue weighted by molar-refractivity contribution is -0.144. The van der Waals surface area contributed by atoms with Crippen LogP contribution in [0.5, 0.6) is 0 Å². The molecule has 178 valence electrons. The largest absolute Gasteiger partial charge is 0.481 e. The van der Waals surface area contributed by atoms with Crippen LogP contribution in [0, 0.1) is 5.92 Å². The van der Waals surface area contributed by atoms with Crippen LogP contribution in [0.25, 0.3) is 0 Å².